The Morgan fingerprint density at radius 1 is 1.33 bits per heavy atom. The van der Waals surface area contributed by atoms with Gasteiger partial charge in [-0.15, -0.1) is 11.3 Å². The van der Waals surface area contributed by atoms with Crippen LogP contribution in [0.1, 0.15) is 12.0 Å². The monoisotopic (exact) mass is 216 g/mol. The van der Waals surface area contributed by atoms with Crippen molar-refractivity contribution in [2.45, 2.75) is 13.0 Å². The van der Waals surface area contributed by atoms with Crippen LogP contribution in [0.3, 0.4) is 0 Å². The number of hydrogen-bond acceptors (Lipinski definition) is 3. The fraction of sp³-hybridized carbons (Fsp3) is 0.250. The summed E-state index contributed by atoms with van der Waals surface area (Å²) in [6, 6.07) is 10.5. The van der Waals surface area contributed by atoms with E-state index in [9.17, 15) is 0 Å². The van der Waals surface area contributed by atoms with Crippen molar-refractivity contribution in [3.05, 3.63) is 35.2 Å². The summed E-state index contributed by atoms with van der Waals surface area (Å²) >= 11 is 1.77. The molecule has 0 saturated carbocycles. The Kier molecular flexibility index (Phi) is 3.33. The average Bonchev–Trinajstić information content (AvgIpc) is 2.68. The second-order valence-corrected chi connectivity index (χ2v) is 4.25. The summed E-state index contributed by atoms with van der Waals surface area (Å²) in [5.41, 5.74) is 1.33. The quantitative estimate of drug-likeness (QED) is 0.798. The molecule has 1 N–H and O–H groups in total. The fourth-order valence-corrected chi connectivity index (χ4v) is 2.50. The molecule has 2 aromatic rings. The van der Waals surface area contributed by atoms with Crippen LogP contribution >= 0.6 is 11.3 Å². The number of rotatable bonds is 4. The van der Waals surface area contributed by atoms with Crippen molar-refractivity contribution in [2.75, 3.05) is 6.54 Å². The molecule has 0 aliphatic carbocycles. The zero-order valence-corrected chi connectivity index (χ0v) is 9.18. The van der Waals surface area contributed by atoms with E-state index < -0.39 is 0 Å². The Hall–Kier alpha value is -1.37. The van der Waals surface area contributed by atoms with Gasteiger partial charge in [-0.05, 0) is 22.4 Å². The van der Waals surface area contributed by atoms with Crippen molar-refractivity contribution < 1.29 is 0 Å². The minimum absolute atomic E-state index is 0.571. The van der Waals surface area contributed by atoms with Gasteiger partial charge in [-0.1, -0.05) is 18.2 Å². The van der Waals surface area contributed by atoms with Gasteiger partial charge in [-0.2, -0.15) is 5.26 Å². The first-order valence-electron chi connectivity index (χ1n) is 4.94. The van der Waals surface area contributed by atoms with Crippen LogP contribution < -0.4 is 5.32 Å². The lowest BCUT2D eigenvalue weighted by atomic mass is 10.2. The van der Waals surface area contributed by atoms with Gasteiger partial charge < -0.3 is 5.32 Å². The molecule has 0 bridgehead atoms. The Morgan fingerprint density at radius 2 is 2.20 bits per heavy atom. The van der Waals surface area contributed by atoms with E-state index in [1.165, 1.54) is 15.6 Å². The van der Waals surface area contributed by atoms with Crippen molar-refractivity contribution >= 4 is 21.4 Å². The standard InChI is InChI=1S/C12H12N2S/c13-6-3-7-14-8-10-9-15-12-5-2-1-4-11(10)12/h1-2,4-5,9,14H,3,7-8H2. The first-order valence-corrected chi connectivity index (χ1v) is 5.82. The SMILES string of the molecule is N#CCCNCc1csc2ccccc12. The van der Waals surface area contributed by atoms with Crippen LogP contribution in [-0.4, -0.2) is 6.54 Å². The Labute approximate surface area is 93.2 Å². The molecule has 0 atom stereocenters. The van der Waals surface area contributed by atoms with Gasteiger partial charge in [-0.25, -0.2) is 0 Å². The molecule has 0 spiro atoms. The summed E-state index contributed by atoms with van der Waals surface area (Å²) in [6.07, 6.45) is 0.571. The Morgan fingerprint density at radius 3 is 3.07 bits per heavy atom. The lowest BCUT2D eigenvalue weighted by Crippen LogP contribution is -2.13. The van der Waals surface area contributed by atoms with E-state index in [2.05, 4.69) is 41.0 Å². The maximum atomic E-state index is 8.41. The summed E-state index contributed by atoms with van der Waals surface area (Å²) < 4.78 is 1.33. The van der Waals surface area contributed by atoms with E-state index >= 15 is 0 Å². The minimum Gasteiger partial charge on any atom is -0.312 e. The molecule has 1 aromatic carbocycles. The molecule has 3 heteroatoms. The van der Waals surface area contributed by atoms with E-state index in [-0.39, 0.29) is 0 Å². The number of fused-ring (bicyclic) bond motifs is 1. The van der Waals surface area contributed by atoms with Gasteiger partial charge >= 0.3 is 0 Å². The van der Waals surface area contributed by atoms with Gasteiger partial charge in [0.15, 0.2) is 0 Å². The fourth-order valence-electron chi connectivity index (χ4n) is 1.54. The van der Waals surface area contributed by atoms with Crippen LogP contribution in [0.5, 0.6) is 0 Å². The summed E-state index contributed by atoms with van der Waals surface area (Å²) in [5, 5.41) is 15.2. The zero-order valence-electron chi connectivity index (χ0n) is 8.36. The molecule has 0 amide bonds. The van der Waals surface area contributed by atoms with E-state index in [4.69, 9.17) is 5.26 Å². The van der Waals surface area contributed by atoms with Crippen molar-refractivity contribution in [1.29, 1.82) is 5.26 Å². The molecule has 15 heavy (non-hydrogen) atoms. The van der Waals surface area contributed by atoms with Gasteiger partial charge in [0.2, 0.25) is 0 Å². The van der Waals surface area contributed by atoms with Crippen LogP contribution in [0.25, 0.3) is 10.1 Å². The van der Waals surface area contributed by atoms with Crippen molar-refractivity contribution in [3.8, 4) is 6.07 Å². The molecule has 0 aliphatic heterocycles. The molecule has 0 saturated heterocycles. The van der Waals surface area contributed by atoms with Crippen LogP contribution in [0.2, 0.25) is 0 Å². The predicted molar refractivity (Wildman–Crippen MR) is 63.8 cm³/mol. The highest BCUT2D eigenvalue weighted by atomic mass is 32.1. The van der Waals surface area contributed by atoms with Gasteiger partial charge in [0, 0.05) is 24.2 Å². The highest BCUT2D eigenvalue weighted by Gasteiger charge is 2.01. The van der Waals surface area contributed by atoms with Crippen LogP contribution in [0, 0.1) is 11.3 Å². The van der Waals surface area contributed by atoms with Crippen LogP contribution in [-0.2, 0) is 6.54 Å². The topological polar surface area (TPSA) is 35.8 Å². The van der Waals surface area contributed by atoms with Crippen LogP contribution in [0.15, 0.2) is 29.6 Å². The predicted octanol–water partition coefficient (Wildman–Crippen LogP) is 2.90. The molecule has 76 valence electrons. The van der Waals surface area contributed by atoms with Crippen molar-refractivity contribution in [2.24, 2.45) is 0 Å². The normalized spacial score (nSPS) is 10.3. The third-order valence-electron chi connectivity index (χ3n) is 2.29. The van der Waals surface area contributed by atoms with Crippen molar-refractivity contribution in [1.82, 2.24) is 5.32 Å². The maximum Gasteiger partial charge on any atom is 0.0635 e. The smallest absolute Gasteiger partial charge is 0.0635 e. The molecule has 0 unspecified atom stereocenters. The first kappa shape index (κ1) is 10.2. The molecule has 2 rings (SSSR count). The first-order chi connectivity index (χ1) is 7.42. The van der Waals surface area contributed by atoms with Gasteiger partial charge in [0.25, 0.3) is 0 Å². The summed E-state index contributed by atoms with van der Waals surface area (Å²) in [7, 11) is 0. The lowest BCUT2D eigenvalue weighted by Gasteiger charge is -2.00. The zero-order chi connectivity index (χ0) is 10.5. The average molecular weight is 216 g/mol. The molecular weight excluding hydrogens is 204 g/mol. The number of nitrogens with zero attached hydrogens (tertiary/aromatic N) is 1. The third-order valence-corrected chi connectivity index (χ3v) is 3.30. The highest BCUT2D eigenvalue weighted by molar-refractivity contribution is 7.17. The van der Waals surface area contributed by atoms with Crippen molar-refractivity contribution in [3.63, 3.8) is 0 Å². The third kappa shape index (κ3) is 2.35. The van der Waals surface area contributed by atoms with Gasteiger partial charge in [0.1, 0.15) is 0 Å². The summed E-state index contributed by atoms with van der Waals surface area (Å²) in [6.45, 7) is 1.62. The van der Waals surface area contributed by atoms with Gasteiger partial charge in [-0.3, -0.25) is 0 Å². The Bertz CT molecular complexity index is 482. The number of nitriles is 1. The molecule has 1 aromatic heterocycles. The van der Waals surface area contributed by atoms with E-state index in [1.54, 1.807) is 11.3 Å². The van der Waals surface area contributed by atoms with E-state index in [0.29, 0.717) is 6.42 Å². The Balaban J connectivity index is 2.05. The highest BCUT2D eigenvalue weighted by Crippen LogP contribution is 2.25. The minimum atomic E-state index is 0.571. The molecule has 0 fully saturated rings. The number of thiophene rings is 1. The lowest BCUT2D eigenvalue weighted by molar-refractivity contribution is 0.703. The summed E-state index contributed by atoms with van der Waals surface area (Å²) in [4.78, 5) is 0. The number of nitrogens with one attached hydrogen (secondary N) is 1. The van der Waals surface area contributed by atoms with E-state index in [0.717, 1.165) is 13.1 Å². The van der Waals surface area contributed by atoms with Gasteiger partial charge in [0.05, 0.1) is 6.07 Å². The molecule has 0 aliphatic rings. The number of hydrogen-bond donors (Lipinski definition) is 1. The largest absolute Gasteiger partial charge is 0.312 e. The maximum absolute atomic E-state index is 8.41. The van der Waals surface area contributed by atoms with Crippen LogP contribution in [0.4, 0.5) is 0 Å². The molecule has 2 nitrogen and oxygen atoms in total. The molecule has 1 heterocycles. The second-order valence-electron chi connectivity index (χ2n) is 3.34. The van der Waals surface area contributed by atoms with E-state index in [1.807, 2.05) is 0 Å². The summed E-state index contributed by atoms with van der Waals surface area (Å²) in [5.74, 6) is 0. The second kappa shape index (κ2) is 4.92. The number of benzene rings is 1. The molecular formula is C12H12N2S. The molecule has 0 radical (unpaired) electrons.